The molecule has 0 fully saturated rings. The first-order valence-electron chi connectivity index (χ1n) is 5.44. The van der Waals surface area contributed by atoms with Gasteiger partial charge in [-0.25, -0.2) is 23.1 Å². The van der Waals surface area contributed by atoms with E-state index in [2.05, 4.69) is 9.97 Å². The van der Waals surface area contributed by atoms with Gasteiger partial charge in [0, 0.05) is 6.20 Å². The molecule has 0 saturated carbocycles. The summed E-state index contributed by atoms with van der Waals surface area (Å²) in [6.07, 6.45) is 1.52. The van der Waals surface area contributed by atoms with Crippen molar-refractivity contribution in [2.75, 3.05) is 0 Å². The number of benzene rings is 1. The Balaban J connectivity index is 2.25. The van der Waals surface area contributed by atoms with Crippen LogP contribution in [-0.2, 0) is 0 Å². The summed E-state index contributed by atoms with van der Waals surface area (Å²) in [7, 11) is 0. The molecule has 19 heavy (non-hydrogen) atoms. The molecular formula is C13H7F3N2O. The first-order valence-corrected chi connectivity index (χ1v) is 5.44. The van der Waals surface area contributed by atoms with Gasteiger partial charge in [-0.1, -0.05) is 0 Å². The van der Waals surface area contributed by atoms with Crippen LogP contribution in [0, 0.1) is 24.4 Å². The SMILES string of the molecule is Cc1ccnc2oc(-c3ccc(F)c(F)c3F)nc12. The van der Waals surface area contributed by atoms with E-state index in [0.29, 0.717) is 5.52 Å². The van der Waals surface area contributed by atoms with Gasteiger partial charge in [0.2, 0.25) is 11.6 Å². The second-order valence-electron chi connectivity index (χ2n) is 4.02. The maximum Gasteiger partial charge on any atom is 0.247 e. The number of aromatic nitrogens is 2. The van der Waals surface area contributed by atoms with Crippen LogP contribution in [0.2, 0.25) is 0 Å². The molecule has 0 N–H and O–H groups in total. The molecule has 0 bridgehead atoms. The third kappa shape index (κ3) is 1.76. The molecule has 2 heterocycles. The van der Waals surface area contributed by atoms with Crippen LogP contribution in [-0.4, -0.2) is 9.97 Å². The van der Waals surface area contributed by atoms with Gasteiger partial charge in [0.25, 0.3) is 0 Å². The summed E-state index contributed by atoms with van der Waals surface area (Å²) in [4.78, 5) is 7.99. The van der Waals surface area contributed by atoms with Gasteiger partial charge in [0.05, 0.1) is 5.56 Å². The molecule has 3 rings (SSSR count). The van der Waals surface area contributed by atoms with Crippen molar-refractivity contribution in [2.24, 2.45) is 0 Å². The average molecular weight is 264 g/mol. The molecule has 3 nitrogen and oxygen atoms in total. The molecular weight excluding hydrogens is 257 g/mol. The van der Waals surface area contributed by atoms with Crippen molar-refractivity contribution in [1.29, 1.82) is 0 Å². The second-order valence-corrected chi connectivity index (χ2v) is 4.02. The molecule has 0 amide bonds. The van der Waals surface area contributed by atoms with Crippen molar-refractivity contribution in [1.82, 2.24) is 9.97 Å². The fourth-order valence-electron chi connectivity index (χ4n) is 1.76. The first kappa shape index (κ1) is 11.7. The Labute approximate surface area is 105 Å². The number of hydrogen-bond donors (Lipinski definition) is 0. The predicted octanol–water partition coefficient (Wildman–Crippen LogP) is 3.62. The highest BCUT2D eigenvalue weighted by atomic mass is 19.2. The molecule has 0 aliphatic rings. The summed E-state index contributed by atoms with van der Waals surface area (Å²) >= 11 is 0. The van der Waals surface area contributed by atoms with Crippen molar-refractivity contribution < 1.29 is 17.6 Å². The quantitative estimate of drug-likeness (QED) is 0.630. The number of halogens is 3. The third-order valence-corrected chi connectivity index (χ3v) is 2.76. The van der Waals surface area contributed by atoms with Crippen LogP contribution in [0.3, 0.4) is 0 Å². The van der Waals surface area contributed by atoms with E-state index in [1.807, 2.05) is 0 Å². The zero-order chi connectivity index (χ0) is 13.6. The molecule has 0 saturated heterocycles. The third-order valence-electron chi connectivity index (χ3n) is 2.76. The summed E-state index contributed by atoms with van der Waals surface area (Å²) in [5.41, 5.74) is 1.24. The van der Waals surface area contributed by atoms with Crippen LogP contribution in [0.1, 0.15) is 5.56 Å². The van der Waals surface area contributed by atoms with Crippen LogP contribution in [0.5, 0.6) is 0 Å². The number of rotatable bonds is 1. The van der Waals surface area contributed by atoms with Crippen molar-refractivity contribution in [2.45, 2.75) is 6.92 Å². The minimum atomic E-state index is -1.55. The van der Waals surface area contributed by atoms with Crippen molar-refractivity contribution in [3.05, 3.63) is 47.4 Å². The van der Waals surface area contributed by atoms with E-state index < -0.39 is 17.5 Å². The summed E-state index contributed by atoms with van der Waals surface area (Å²) in [6, 6.07) is 3.62. The van der Waals surface area contributed by atoms with E-state index in [1.54, 1.807) is 13.0 Å². The van der Waals surface area contributed by atoms with E-state index in [1.165, 1.54) is 6.20 Å². The van der Waals surface area contributed by atoms with Gasteiger partial charge in [0.15, 0.2) is 17.5 Å². The van der Waals surface area contributed by atoms with Crippen LogP contribution in [0.4, 0.5) is 13.2 Å². The molecule has 0 atom stereocenters. The first-order chi connectivity index (χ1) is 9.08. The number of aryl methyl sites for hydroxylation is 1. The average Bonchev–Trinajstić information content (AvgIpc) is 2.81. The lowest BCUT2D eigenvalue weighted by atomic mass is 10.2. The summed E-state index contributed by atoms with van der Waals surface area (Å²) in [6.45, 7) is 1.79. The Bertz CT molecular complexity index is 783. The molecule has 0 unspecified atom stereocenters. The molecule has 3 aromatic rings. The molecule has 0 radical (unpaired) electrons. The van der Waals surface area contributed by atoms with E-state index >= 15 is 0 Å². The number of pyridine rings is 1. The maximum absolute atomic E-state index is 13.6. The summed E-state index contributed by atoms with van der Waals surface area (Å²) < 4.78 is 44.9. The molecule has 96 valence electrons. The van der Waals surface area contributed by atoms with E-state index in [-0.39, 0.29) is 17.2 Å². The highest BCUT2D eigenvalue weighted by Crippen LogP contribution is 2.28. The summed E-state index contributed by atoms with van der Waals surface area (Å²) in [5, 5.41) is 0. The van der Waals surface area contributed by atoms with E-state index in [4.69, 9.17) is 4.42 Å². The Morgan fingerprint density at radius 2 is 1.84 bits per heavy atom. The van der Waals surface area contributed by atoms with Crippen molar-refractivity contribution in [3.8, 4) is 11.5 Å². The molecule has 1 aromatic carbocycles. The minimum absolute atomic E-state index is 0.131. The molecule has 0 spiro atoms. The zero-order valence-corrected chi connectivity index (χ0v) is 9.75. The Kier molecular flexibility index (Phi) is 2.51. The van der Waals surface area contributed by atoms with Crippen LogP contribution < -0.4 is 0 Å². The standard InChI is InChI=1S/C13H7F3N2O/c1-6-4-5-17-13-11(6)18-12(19-13)7-2-3-8(14)10(16)9(7)15/h2-5H,1H3. The van der Waals surface area contributed by atoms with Crippen molar-refractivity contribution >= 4 is 11.2 Å². The second kappa shape index (κ2) is 4.08. The van der Waals surface area contributed by atoms with Gasteiger partial charge in [0.1, 0.15) is 5.52 Å². The lowest BCUT2D eigenvalue weighted by Crippen LogP contribution is -1.93. The normalized spacial score (nSPS) is 11.2. The fourth-order valence-corrected chi connectivity index (χ4v) is 1.76. The van der Waals surface area contributed by atoms with Gasteiger partial charge in [-0.2, -0.15) is 0 Å². The van der Waals surface area contributed by atoms with Crippen LogP contribution in [0.15, 0.2) is 28.8 Å². The van der Waals surface area contributed by atoms with Crippen LogP contribution in [0.25, 0.3) is 22.7 Å². The Hall–Kier alpha value is -2.37. The van der Waals surface area contributed by atoms with Gasteiger partial charge >= 0.3 is 0 Å². The van der Waals surface area contributed by atoms with Gasteiger partial charge in [-0.3, -0.25) is 0 Å². The van der Waals surface area contributed by atoms with Crippen LogP contribution >= 0.6 is 0 Å². The van der Waals surface area contributed by atoms with Gasteiger partial charge in [-0.15, -0.1) is 0 Å². The lowest BCUT2D eigenvalue weighted by Gasteiger charge is -1.99. The number of oxazole rings is 1. The number of fused-ring (bicyclic) bond motifs is 1. The molecule has 0 aliphatic heterocycles. The predicted molar refractivity (Wildman–Crippen MR) is 61.9 cm³/mol. The Morgan fingerprint density at radius 3 is 2.58 bits per heavy atom. The van der Waals surface area contributed by atoms with Gasteiger partial charge in [-0.05, 0) is 30.7 Å². The Morgan fingerprint density at radius 1 is 1.05 bits per heavy atom. The highest BCUT2D eigenvalue weighted by Gasteiger charge is 2.19. The highest BCUT2D eigenvalue weighted by molar-refractivity contribution is 5.75. The maximum atomic E-state index is 13.6. The van der Waals surface area contributed by atoms with E-state index in [9.17, 15) is 13.2 Å². The lowest BCUT2D eigenvalue weighted by molar-refractivity contribution is 0.446. The van der Waals surface area contributed by atoms with Gasteiger partial charge < -0.3 is 4.42 Å². The monoisotopic (exact) mass is 264 g/mol. The topological polar surface area (TPSA) is 38.9 Å². The van der Waals surface area contributed by atoms with E-state index in [0.717, 1.165) is 17.7 Å². The fraction of sp³-hybridized carbons (Fsp3) is 0.0769. The minimum Gasteiger partial charge on any atom is -0.418 e. The molecule has 0 aliphatic carbocycles. The molecule has 6 heteroatoms. The number of nitrogens with zero attached hydrogens (tertiary/aromatic N) is 2. The largest absolute Gasteiger partial charge is 0.418 e. The zero-order valence-electron chi connectivity index (χ0n) is 9.75. The smallest absolute Gasteiger partial charge is 0.247 e. The molecule has 2 aromatic heterocycles. The summed E-state index contributed by atoms with van der Waals surface area (Å²) in [5.74, 6) is -4.27. The number of hydrogen-bond acceptors (Lipinski definition) is 3. The van der Waals surface area contributed by atoms with Crippen molar-refractivity contribution in [3.63, 3.8) is 0 Å².